The molecule has 3 rings (SSSR count). The quantitative estimate of drug-likeness (QED) is 0.666. The van der Waals surface area contributed by atoms with Crippen molar-refractivity contribution in [1.82, 2.24) is 10.3 Å². The number of hydrogen-bond acceptors (Lipinski definition) is 5. The van der Waals surface area contributed by atoms with E-state index < -0.39 is 0 Å². The molecule has 0 atom stereocenters. The van der Waals surface area contributed by atoms with Crippen LogP contribution in [-0.2, 0) is 6.54 Å². The van der Waals surface area contributed by atoms with Gasteiger partial charge in [0, 0.05) is 37.3 Å². The standard InChI is InChI=1S/C21H23N3O2S/c1-4-26-17-13-18(15-9-6-5-7-10-15)27-19(17)21(25)23-14-16-11-8-12-22-20(16)24(2)3/h5-13H,4,14H2,1-3H3,(H,23,25). The van der Waals surface area contributed by atoms with Crippen LogP contribution in [0.4, 0.5) is 5.82 Å². The Bertz CT molecular complexity index is 907. The van der Waals surface area contributed by atoms with Crippen LogP contribution in [0, 0.1) is 0 Å². The average Bonchev–Trinajstić information content (AvgIpc) is 3.11. The number of rotatable bonds is 7. The molecule has 5 nitrogen and oxygen atoms in total. The van der Waals surface area contributed by atoms with E-state index in [1.165, 1.54) is 11.3 Å². The van der Waals surface area contributed by atoms with Crippen LogP contribution in [0.15, 0.2) is 54.7 Å². The first-order valence-electron chi connectivity index (χ1n) is 8.81. The van der Waals surface area contributed by atoms with Crippen molar-refractivity contribution in [2.45, 2.75) is 13.5 Å². The Hall–Kier alpha value is -2.86. The minimum atomic E-state index is -0.140. The fraction of sp³-hybridized carbons (Fsp3) is 0.238. The fourth-order valence-corrected chi connectivity index (χ4v) is 3.79. The molecule has 1 amide bonds. The lowest BCUT2D eigenvalue weighted by Gasteiger charge is -2.16. The van der Waals surface area contributed by atoms with Gasteiger partial charge in [0.25, 0.3) is 5.91 Å². The van der Waals surface area contributed by atoms with Crippen LogP contribution in [-0.4, -0.2) is 31.6 Å². The summed E-state index contributed by atoms with van der Waals surface area (Å²) >= 11 is 1.44. The second-order valence-electron chi connectivity index (χ2n) is 6.17. The largest absolute Gasteiger partial charge is 0.492 e. The lowest BCUT2D eigenvalue weighted by molar-refractivity contribution is 0.0951. The van der Waals surface area contributed by atoms with Gasteiger partial charge in [-0.25, -0.2) is 4.98 Å². The minimum absolute atomic E-state index is 0.140. The Morgan fingerprint density at radius 1 is 1.19 bits per heavy atom. The molecule has 0 unspecified atom stereocenters. The smallest absolute Gasteiger partial charge is 0.265 e. The molecule has 0 fully saturated rings. The molecule has 0 saturated heterocycles. The van der Waals surface area contributed by atoms with Gasteiger partial charge in [-0.2, -0.15) is 0 Å². The molecule has 0 aliphatic carbocycles. The molecule has 2 heterocycles. The monoisotopic (exact) mass is 381 g/mol. The number of pyridine rings is 1. The van der Waals surface area contributed by atoms with Crippen LogP contribution in [0.1, 0.15) is 22.2 Å². The number of thiophene rings is 1. The number of carbonyl (C=O) groups excluding carboxylic acids is 1. The number of nitrogens with one attached hydrogen (secondary N) is 1. The third-order valence-electron chi connectivity index (χ3n) is 3.99. The van der Waals surface area contributed by atoms with Crippen LogP contribution < -0.4 is 15.0 Å². The van der Waals surface area contributed by atoms with Crippen molar-refractivity contribution in [2.24, 2.45) is 0 Å². The van der Waals surface area contributed by atoms with Crippen molar-refractivity contribution in [3.8, 4) is 16.2 Å². The number of hydrogen-bond donors (Lipinski definition) is 1. The van der Waals surface area contributed by atoms with Gasteiger partial charge in [0.05, 0.1) is 6.61 Å². The highest BCUT2D eigenvalue weighted by Gasteiger charge is 2.19. The zero-order valence-corrected chi connectivity index (χ0v) is 16.5. The van der Waals surface area contributed by atoms with Crippen LogP contribution in [0.2, 0.25) is 0 Å². The maximum absolute atomic E-state index is 12.8. The topological polar surface area (TPSA) is 54.5 Å². The summed E-state index contributed by atoms with van der Waals surface area (Å²) in [7, 11) is 3.87. The Morgan fingerprint density at radius 3 is 2.67 bits per heavy atom. The average molecular weight is 382 g/mol. The zero-order chi connectivity index (χ0) is 19.2. The van der Waals surface area contributed by atoms with Crippen molar-refractivity contribution >= 4 is 23.1 Å². The van der Waals surface area contributed by atoms with E-state index in [9.17, 15) is 4.79 Å². The molecule has 0 saturated carbocycles. The van der Waals surface area contributed by atoms with Gasteiger partial charge in [-0.1, -0.05) is 36.4 Å². The maximum Gasteiger partial charge on any atom is 0.265 e. The highest BCUT2D eigenvalue weighted by molar-refractivity contribution is 7.17. The number of benzene rings is 1. The number of anilines is 1. The lowest BCUT2D eigenvalue weighted by atomic mass is 10.2. The van der Waals surface area contributed by atoms with Crippen LogP contribution in [0.25, 0.3) is 10.4 Å². The molecule has 0 bridgehead atoms. The molecule has 0 aliphatic rings. The summed E-state index contributed by atoms with van der Waals surface area (Å²) < 4.78 is 5.70. The first-order valence-corrected chi connectivity index (χ1v) is 9.63. The first-order chi connectivity index (χ1) is 13.1. The molecule has 27 heavy (non-hydrogen) atoms. The Morgan fingerprint density at radius 2 is 1.96 bits per heavy atom. The van der Waals surface area contributed by atoms with E-state index in [1.807, 2.05) is 74.4 Å². The summed E-state index contributed by atoms with van der Waals surface area (Å²) in [6.07, 6.45) is 1.75. The highest BCUT2D eigenvalue weighted by atomic mass is 32.1. The van der Waals surface area contributed by atoms with Crippen LogP contribution in [0.5, 0.6) is 5.75 Å². The highest BCUT2D eigenvalue weighted by Crippen LogP contribution is 2.36. The van der Waals surface area contributed by atoms with Crippen molar-refractivity contribution in [3.63, 3.8) is 0 Å². The molecule has 2 aromatic heterocycles. The number of carbonyl (C=O) groups is 1. The number of ether oxygens (including phenoxy) is 1. The van der Waals surface area contributed by atoms with E-state index in [1.54, 1.807) is 6.20 Å². The van der Waals surface area contributed by atoms with E-state index >= 15 is 0 Å². The molecule has 1 N–H and O–H groups in total. The normalized spacial score (nSPS) is 10.5. The van der Waals surface area contributed by atoms with Crippen molar-refractivity contribution < 1.29 is 9.53 Å². The minimum Gasteiger partial charge on any atom is -0.492 e. The van der Waals surface area contributed by atoms with Gasteiger partial charge in [-0.05, 0) is 24.6 Å². The number of nitrogens with zero attached hydrogens (tertiary/aromatic N) is 2. The van der Waals surface area contributed by atoms with Crippen LogP contribution in [0.3, 0.4) is 0 Å². The molecule has 1 aromatic carbocycles. The summed E-state index contributed by atoms with van der Waals surface area (Å²) in [6.45, 7) is 2.84. The van der Waals surface area contributed by atoms with Gasteiger partial charge >= 0.3 is 0 Å². The molecule has 3 aromatic rings. The molecular weight excluding hydrogens is 358 g/mol. The molecule has 0 spiro atoms. The van der Waals surface area contributed by atoms with Gasteiger partial charge in [0.15, 0.2) is 0 Å². The van der Waals surface area contributed by atoms with Gasteiger partial charge in [0.1, 0.15) is 16.4 Å². The molecule has 6 heteroatoms. The predicted octanol–water partition coefficient (Wildman–Crippen LogP) is 4.20. The van der Waals surface area contributed by atoms with Crippen molar-refractivity contribution in [1.29, 1.82) is 0 Å². The summed E-state index contributed by atoms with van der Waals surface area (Å²) in [6, 6.07) is 15.8. The fourth-order valence-electron chi connectivity index (χ4n) is 2.77. The van der Waals surface area contributed by atoms with Gasteiger partial charge in [-0.15, -0.1) is 11.3 Å². The summed E-state index contributed by atoms with van der Waals surface area (Å²) in [5.74, 6) is 1.33. The molecule has 0 radical (unpaired) electrons. The third-order valence-corrected chi connectivity index (χ3v) is 5.16. The number of aromatic nitrogens is 1. The first kappa shape index (κ1) is 18.9. The summed E-state index contributed by atoms with van der Waals surface area (Å²) in [5, 5.41) is 3.00. The zero-order valence-electron chi connectivity index (χ0n) is 15.7. The van der Waals surface area contributed by atoms with E-state index in [-0.39, 0.29) is 5.91 Å². The molecule has 140 valence electrons. The number of amides is 1. The third kappa shape index (κ3) is 4.46. The Labute approximate surface area is 163 Å². The van der Waals surface area contributed by atoms with E-state index in [0.29, 0.717) is 23.8 Å². The molecule has 0 aliphatic heterocycles. The summed E-state index contributed by atoms with van der Waals surface area (Å²) in [5.41, 5.74) is 2.04. The predicted molar refractivity (Wildman–Crippen MR) is 111 cm³/mol. The Balaban J connectivity index is 1.81. The van der Waals surface area contributed by atoms with Gasteiger partial charge < -0.3 is 15.0 Å². The van der Waals surface area contributed by atoms with E-state index in [2.05, 4.69) is 10.3 Å². The SMILES string of the molecule is CCOc1cc(-c2ccccc2)sc1C(=O)NCc1cccnc1N(C)C. The maximum atomic E-state index is 12.8. The second kappa shape index (κ2) is 8.68. The van der Waals surface area contributed by atoms with E-state index in [4.69, 9.17) is 4.74 Å². The van der Waals surface area contributed by atoms with Crippen molar-refractivity contribution in [3.05, 3.63) is 65.2 Å². The van der Waals surface area contributed by atoms with Crippen LogP contribution >= 0.6 is 11.3 Å². The second-order valence-corrected chi connectivity index (χ2v) is 7.22. The lowest BCUT2D eigenvalue weighted by Crippen LogP contribution is -2.24. The van der Waals surface area contributed by atoms with Gasteiger partial charge in [-0.3, -0.25) is 4.79 Å². The Kier molecular flexibility index (Phi) is 6.08. The van der Waals surface area contributed by atoms with E-state index in [0.717, 1.165) is 21.8 Å². The molecular formula is C21H23N3O2S. The summed E-state index contributed by atoms with van der Waals surface area (Å²) in [4.78, 5) is 20.7. The van der Waals surface area contributed by atoms with Gasteiger partial charge in [0.2, 0.25) is 0 Å². The van der Waals surface area contributed by atoms with Crippen molar-refractivity contribution in [2.75, 3.05) is 25.6 Å².